The summed E-state index contributed by atoms with van der Waals surface area (Å²) in [6, 6.07) is 0. The van der Waals surface area contributed by atoms with Gasteiger partial charge in [0.2, 0.25) is 0 Å². The molecule has 0 bridgehead atoms. The molecule has 0 aliphatic carbocycles. The molecule has 0 saturated heterocycles. The molecule has 0 heterocycles. The van der Waals surface area contributed by atoms with Gasteiger partial charge in [-0.05, 0) is 12.8 Å². The van der Waals surface area contributed by atoms with Crippen LogP contribution in [0.25, 0.3) is 0 Å². The van der Waals surface area contributed by atoms with Crippen LogP contribution in [0, 0.1) is 5.92 Å². The summed E-state index contributed by atoms with van der Waals surface area (Å²) in [5.41, 5.74) is 0. The van der Waals surface area contributed by atoms with Gasteiger partial charge in [-0.2, -0.15) is 0 Å². The second-order valence-electron chi connectivity index (χ2n) is 4.25. The predicted octanol–water partition coefficient (Wildman–Crippen LogP) is 1.65. The summed E-state index contributed by atoms with van der Waals surface area (Å²) in [5, 5.41) is 0. The van der Waals surface area contributed by atoms with E-state index in [4.69, 9.17) is 18.9 Å². The molecule has 18 heavy (non-hydrogen) atoms. The topological polar surface area (TPSA) is 54.0 Å². The van der Waals surface area contributed by atoms with Crippen molar-refractivity contribution >= 4 is 5.97 Å². The lowest BCUT2D eigenvalue weighted by Gasteiger charge is -2.08. The fourth-order valence-electron chi connectivity index (χ4n) is 1.07. The molecule has 0 N–H and O–H groups in total. The molecule has 5 nitrogen and oxygen atoms in total. The summed E-state index contributed by atoms with van der Waals surface area (Å²) in [4.78, 5) is 11.2. The van der Waals surface area contributed by atoms with Crippen LogP contribution in [0.15, 0.2) is 0 Å². The molecule has 0 aromatic carbocycles. The summed E-state index contributed by atoms with van der Waals surface area (Å²) in [6.45, 7) is 9.71. The molecule has 0 amide bonds. The number of carbonyl (C=O) groups is 1. The zero-order valence-electron chi connectivity index (χ0n) is 11.8. The molecule has 0 aromatic rings. The highest BCUT2D eigenvalue weighted by atomic mass is 16.5. The van der Waals surface area contributed by atoms with Gasteiger partial charge in [0.05, 0.1) is 46.1 Å². The van der Waals surface area contributed by atoms with E-state index < -0.39 is 0 Å². The van der Waals surface area contributed by atoms with E-state index in [0.29, 0.717) is 58.6 Å². The first-order valence-electron chi connectivity index (χ1n) is 6.55. The minimum absolute atomic E-state index is 0.207. The molecular weight excluding hydrogens is 236 g/mol. The number of hydrogen-bond donors (Lipinski definition) is 0. The van der Waals surface area contributed by atoms with Crippen LogP contribution in [-0.2, 0) is 23.7 Å². The van der Waals surface area contributed by atoms with Crippen LogP contribution in [0.2, 0.25) is 0 Å². The van der Waals surface area contributed by atoms with E-state index in [1.54, 1.807) is 0 Å². The van der Waals surface area contributed by atoms with Gasteiger partial charge in [-0.15, -0.1) is 0 Å². The third-order valence-corrected chi connectivity index (χ3v) is 1.98. The standard InChI is InChI=1S/C13H26O5/c1-4-15-7-8-17-10-9-16-6-5-13(14)18-11-12(2)3/h12H,4-11H2,1-3H3. The van der Waals surface area contributed by atoms with Crippen LogP contribution in [0.5, 0.6) is 0 Å². The number of hydrogen-bond acceptors (Lipinski definition) is 5. The second kappa shape index (κ2) is 12.8. The maximum absolute atomic E-state index is 11.2. The average molecular weight is 262 g/mol. The Morgan fingerprint density at radius 2 is 1.50 bits per heavy atom. The zero-order chi connectivity index (χ0) is 13.6. The molecule has 0 spiro atoms. The molecule has 0 aliphatic heterocycles. The van der Waals surface area contributed by atoms with Crippen LogP contribution in [0.1, 0.15) is 27.2 Å². The highest BCUT2D eigenvalue weighted by Crippen LogP contribution is 1.95. The molecule has 0 atom stereocenters. The minimum atomic E-state index is -0.207. The summed E-state index contributed by atoms with van der Waals surface area (Å²) in [6.07, 6.45) is 0.297. The summed E-state index contributed by atoms with van der Waals surface area (Å²) < 4.78 is 20.6. The fourth-order valence-corrected chi connectivity index (χ4v) is 1.07. The van der Waals surface area contributed by atoms with Gasteiger partial charge >= 0.3 is 5.97 Å². The molecule has 0 aliphatic rings. The average Bonchev–Trinajstić information content (AvgIpc) is 2.34. The van der Waals surface area contributed by atoms with Crippen molar-refractivity contribution in [1.82, 2.24) is 0 Å². The third kappa shape index (κ3) is 13.4. The SMILES string of the molecule is CCOCCOCCOCCC(=O)OCC(C)C. The number of carbonyl (C=O) groups excluding carboxylic acids is 1. The van der Waals surface area contributed by atoms with Crippen molar-refractivity contribution < 1.29 is 23.7 Å². The lowest BCUT2D eigenvalue weighted by Crippen LogP contribution is -2.14. The molecule has 0 rings (SSSR count). The van der Waals surface area contributed by atoms with Gasteiger partial charge in [0.1, 0.15) is 0 Å². The lowest BCUT2D eigenvalue weighted by molar-refractivity contribution is -0.146. The first-order valence-corrected chi connectivity index (χ1v) is 6.55. The first kappa shape index (κ1) is 17.4. The van der Waals surface area contributed by atoms with Crippen LogP contribution in [0.4, 0.5) is 0 Å². The smallest absolute Gasteiger partial charge is 0.308 e. The van der Waals surface area contributed by atoms with Crippen molar-refractivity contribution in [3.63, 3.8) is 0 Å². The van der Waals surface area contributed by atoms with Crippen molar-refractivity contribution in [2.45, 2.75) is 27.2 Å². The van der Waals surface area contributed by atoms with E-state index >= 15 is 0 Å². The third-order valence-electron chi connectivity index (χ3n) is 1.98. The van der Waals surface area contributed by atoms with Gasteiger partial charge in [-0.1, -0.05) is 13.8 Å². The molecule has 0 fully saturated rings. The Labute approximate surface area is 110 Å². The van der Waals surface area contributed by atoms with E-state index in [9.17, 15) is 4.79 Å². The van der Waals surface area contributed by atoms with Gasteiger partial charge < -0.3 is 18.9 Å². The lowest BCUT2D eigenvalue weighted by atomic mass is 10.2. The zero-order valence-corrected chi connectivity index (χ0v) is 11.8. The highest BCUT2D eigenvalue weighted by Gasteiger charge is 2.03. The van der Waals surface area contributed by atoms with E-state index in [-0.39, 0.29) is 5.97 Å². The maximum Gasteiger partial charge on any atom is 0.308 e. The number of rotatable bonds is 12. The maximum atomic E-state index is 11.2. The van der Waals surface area contributed by atoms with Gasteiger partial charge in [0.25, 0.3) is 0 Å². The van der Waals surface area contributed by atoms with Crippen LogP contribution in [-0.4, -0.2) is 52.2 Å². The van der Waals surface area contributed by atoms with Crippen LogP contribution >= 0.6 is 0 Å². The largest absolute Gasteiger partial charge is 0.465 e. The molecule has 0 unspecified atom stereocenters. The summed E-state index contributed by atoms with van der Waals surface area (Å²) in [7, 11) is 0. The van der Waals surface area contributed by atoms with Gasteiger partial charge in [0, 0.05) is 6.61 Å². The van der Waals surface area contributed by atoms with Crippen molar-refractivity contribution in [3.8, 4) is 0 Å². The summed E-state index contributed by atoms with van der Waals surface area (Å²) >= 11 is 0. The molecule has 0 radical (unpaired) electrons. The normalized spacial score (nSPS) is 10.9. The van der Waals surface area contributed by atoms with Crippen molar-refractivity contribution in [1.29, 1.82) is 0 Å². The Balaban J connectivity index is 3.12. The first-order chi connectivity index (χ1) is 8.66. The van der Waals surface area contributed by atoms with E-state index in [1.807, 2.05) is 20.8 Å². The highest BCUT2D eigenvalue weighted by molar-refractivity contribution is 5.69. The van der Waals surface area contributed by atoms with E-state index in [0.717, 1.165) is 0 Å². The number of esters is 1. The fraction of sp³-hybridized carbons (Fsp3) is 0.923. The second-order valence-corrected chi connectivity index (χ2v) is 4.25. The monoisotopic (exact) mass is 262 g/mol. The molecular formula is C13H26O5. The van der Waals surface area contributed by atoms with Crippen molar-refractivity contribution in [3.05, 3.63) is 0 Å². The van der Waals surface area contributed by atoms with Crippen LogP contribution < -0.4 is 0 Å². The predicted molar refractivity (Wildman–Crippen MR) is 68.5 cm³/mol. The Morgan fingerprint density at radius 3 is 2.06 bits per heavy atom. The number of ether oxygens (including phenoxy) is 4. The molecule has 5 heteroatoms. The van der Waals surface area contributed by atoms with E-state index in [1.165, 1.54) is 0 Å². The van der Waals surface area contributed by atoms with Gasteiger partial charge in [-0.25, -0.2) is 0 Å². The Kier molecular flexibility index (Phi) is 12.3. The van der Waals surface area contributed by atoms with Crippen molar-refractivity contribution in [2.75, 3.05) is 46.2 Å². The van der Waals surface area contributed by atoms with E-state index in [2.05, 4.69) is 0 Å². The minimum Gasteiger partial charge on any atom is -0.465 e. The Bertz CT molecular complexity index is 194. The summed E-state index contributed by atoms with van der Waals surface area (Å²) in [5.74, 6) is 0.162. The molecule has 0 saturated carbocycles. The van der Waals surface area contributed by atoms with Gasteiger partial charge in [0.15, 0.2) is 0 Å². The van der Waals surface area contributed by atoms with Crippen molar-refractivity contribution in [2.24, 2.45) is 5.92 Å². The Hall–Kier alpha value is -0.650. The van der Waals surface area contributed by atoms with Crippen LogP contribution in [0.3, 0.4) is 0 Å². The Morgan fingerprint density at radius 1 is 0.944 bits per heavy atom. The molecule has 0 aromatic heterocycles. The molecule has 108 valence electrons. The quantitative estimate of drug-likeness (QED) is 0.395. The van der Waals surface area contributed by atoms with Gasteiger partial charge in [-0.3, -0.25) is 4.79 Å².